The first-order valence-corrected chi connectivity index (χ1v) is 6.51. The van der Waals surface area contributed by atoms with Crippen LogP contribution >= 0.6 is 23.8 Å². The summed E-state index contributed by atoms with van der Waals surface area (Å²) in [5.41, 5.74) is 0. The van der Waals surface area contributed by atoms with Crippen LogP contribution in [0.5, 0.6) is 0 Å². The zero-order chi connectivity index (χ0) is 11.7. The Hall–Kier alpha value is -0.190. The first-order chi connectivity index (χ1) is 7.08. The van der Waals surface area contributed by atoms with Gasteiger partial charge in [0.2, 0.25) is 0 Å². The summed E-state index contributed by atoms with van der Waals surface area (Å²) in [6, 6.07) is 0. The Balaban J connectivity index is 4.37. The highest BCUT2D eigenvalue weighted by atomic mass is 79.9. The Kier molecular flexibility index (Phi) is 7.92. The smallest absolute Gasteiger partial charge is 0.283 e. The number of hydrogen-bond donors (Lipinski definition) is 0. The van der Waals surface area contributed by atoms with Gasteiger partial charge in [-0.25, -0.2) is 4.57 Å². The summed E-state index contributed by atoms with van der Waals surface area (Å²) in [5.74, 6) is 0. The number of rotatable bonds is 9. The highest BCUT2D eigenvalue weighted by molar-refractivity contribution is 9.09. The molecule has 0 N–H and O–H groups in total. The molecule has 0 saturated carbocycles. The predicted octanol–water partition coefficient (Wildman–Crippen LogP) is 3.42. The summed E-state index contributed by atoms with van der Waals surface area (Å²) in [5, 5.41) is -0.599. The van der Waals surface area contributed by atoms with Crippen molar-refractivity contribution in [1.82, 2.24) is 0 Å². The molecule has 0 aromatic carbocycles. The van der Waals surface area contributed by atoms with Gasteiger partial charge in [0.1, 0.15) is 5.01 Å². The number of halogens is 1. The van der Waals surface area contributed by atoms with Gasteiger partial charge in [-0.3, -0.25) is 13.6 Å². The van der Waals surface area contributed by atoms with Gasteiger partial charge in [0.25, 0.3) is 0 Å². The van der Waals surface area contributed by atoms with Crippen LogP contribution in [0.25, 0.3) is 0 Å². The molecule has 0 radical (unpaired) electrons. The lowest BCUT2D eigenvalue weighted by Gasteiger charge is -2.17. The molecule has 0 aliphatic heterocycles. The maximum atomic E-state index is 11.9. The molecule has 0 saturated heterocycles. The van der Waals surface area contributed by atoms with Gasteiger partial charge in [-0.1, -0.05) is 40.7 Å². The van der Waals surface area contributed by atoms with Gasteiger partial charge in [-0.05, 0) is 0 Å². The molecule has 15 heavy (non-hydrogen) atoms. The quantitative estimate of drug-likeness (QED) is 0.371. The van der Waals surface area contributed by atoms with Crippen LogP contribution in [0.1, 0.15) is 0 Å². The van der Waals surface area contributed by atoms with Crippen LogP contribution in [0.4, 0.5) is 0 Å². The Morgan fingerprint density at radius 1 is 1.20 bits per heavy atom. The van der Waals surface area contributed by atoms with Crippen LogP contribution < -0.4 is 0 Å². The van der Waals surface area contributed by atoms with Crippen molar-refractivity contribution in [3.8, 4) is 0 Å². The van der Waals surface area contributed by atoms with E-state index in [4.69, 9.17) is 13.6 Å². The molecule has 86 valence electrons. The lowest BCUT2D eigenvalue weighted by Crippen LogP contribution is -2.05. The molecule has 0 bridgehead atoms. The van der Waals surface area contributed by atoms with Crippen molar-refractivity contribution in [1.29, 1.82) is 0 Å². The number of hydrogen-bond acceptors (Lipinski definition) is 4. The van der Waals surface area contributed by atoms with Crippen molar-refractivity contribution in [2.45, 2.75) is 5.01 Å². The average molecular weight is 297 g/mol. The van der Waals surface area contributed by atoms with Crippen molar-refractivity contribution in [2.75, 3.05) is 13.2 Å². The molecule has 6 heteroatoms. The fourth-order valence-corrected chi connectivity index (χ4v) is 2.27. The predicted molar refractivity (Wildman–Crippen MR) is 63.9 cm³/mol. The molecular weight excluding hydrogens is 283 g/mol. The van der Waals surface area contributed by atoms with Crippen LogP contribution in [0, 0.1) is 0 Å². The highest BCUT2D eigenvalue weighted by Gasteiger charge is 2.28. The van der Waals surface area contributed by atoms with Gasteiger partial charge in [0, 0.05) is 0 Å². The lowest BCUT2D eigenvalue weighted by atomic mass is 10.7. The second kappa shape index (κ2) is 8.02. The molecule has 0 aliphatic carbocycles. The summed E-state index contributed by atoms with van der Waals surface area (Å²) in [7, 11) is -3.59. The van der Waals surface area contributed by atoms with Crippen molar-refractivity contribution in [3.63, 3.8) is 0 Å². The minimum Gasteiger partial charge on any atom is -0.283 e. The summed E-state index contributed by atoms with van der Waals surface area (Å²) in [4.78, 5) is 0. The van der Waals surface area contributed by atoms with Crippen LogP contribution in [0.15, 0.2) is 38.0 Å². The van der Waals surface area contributed by atoms with E-state index in [9.17, 15) is 4.57 Å². The van der Waals surface area contributed by atoms with E-state index in [2.05, 4.69) is 35.7 Å². The number of phosphoric acid groups is 1. The average Bonchev–Trinajstić information content (AvgIpc) is 2.23. The van der Waals surface area contributed by atoms with Crippen LogP contribution in [-0.4, -0.2) is 18.2 Å². The third-order valence-corrected chi connectivity index (χ3v) is 3.38. The Morgan fingerprint density at radius 3 is 2.00 bits per heavy atom. The van der Waals surface area contributed by atoms with Crippen molar-refractivity contribution in [2.24, 2.45) is 0 Å². The highest BCUT2D eigenvalue weighted by Crippen LogP contribution is 2.51. The van der Waals surface area contributed by atoms with E-state index in [1.54, 1.807) is 0 Å². The Bertz CT molecular complexity index is 251. The van der Waals surface area contributed by atoms with E-state index in [1.165, 1.54) is 18.2 Å². The van der Waals surface area contributed by atoms with Crippen molar-refractivity contribution < 1.29 is 18.1 Å². The minimum absolute atomic E-state index is 0.0747. The first-order valence-electron chi connectivity index (χ1n) is 4.14. The molecule has 0 fully saturated rings. The second-order valence-corrected chi connectivity index (χ2v) is 4.83. The van der Waals surface area contributed by atoms with Crippen LogP contribution in [-0.2, 0) is 18.1 Å². The maximum Gasteiger partial charge on any atom is 0.476 e. The summed E-state index contributed by atoms with van der Waals surface area (Å²) < 4.78 is 26.7. The molecule has 0 amide bonds. The van der Waals surface area contributed by atoms with E-state index in [1.807, 2.05) is 0 Å². The normalized spacial score (nSPS) is 13.1. The van der Waals surface area contributed by atoms with E-state index in [0.29, 0.717) is 0 Å². The summed E-state index contributed by atoms with van der Waals surface area (Å²) in [6.07, 6.45) is 4.32. The zero-order valence-corrected chi connectivity index (χ0v) is 10.8. The third kappa shape index (κ3) is 6.82. The van der Waals surface area contributed by atoms with E-state index in [0.717, 1.165) is 0 Å². The van der Waals surface area contributed by atoms with Crippen molar-refractivity contribution >= 4 is 23.8 Å². The number of alkyl halides is 1. The molecule has 0 aromatic rings. The SMILES string of the molecule is C=CCOP(=O)(OCC=C)OC(Br)C=C. The minimum atomic E-state index is -3.59. The molecule has 1 unspecified atom stereocenters. The van der Waals surface area contributed by atoms with Gasteiger partial charge in [-0.2, -0.15) is 0 Å². The van der Waals surface area contributed by atoms with E-state index in [-0.39, 0.29) is 13.2 Å². The molecule has 1 atom stereocenters. The molecule has 0 rings (SSSR count). The van der Waals surface area contributed by atoms with Crippen molar-refractivity contribution in [3.05, 3.63) is 38.0 Å². The fourth-order valence-electron chi connectivity index (χ4n) is 0.552. The molecule has 4 nitrogen and oxygen atoms in total. The fraction of sp³-hybridized carbons (Fsp3) is 0.333. The molecule has 0 heterocycles. The Labute approximate surface area is 98.3 Å². The van der Waals surface area contributed by atoms with Gasteiger partial charge in [0.15, 0.2) is 0 Å². The largest absolute Gasteiger partial charge is 0.476 e. The van der Waals surface area contributed by atoms with Gasteiger partial charge >= 0.3 is 7.82 Å². The molecule has 0 spiro atoms. The molecular formula is C9H14BrO4P. The third-order valence-electron chi connectivity index (χ3n) is 1.12. The standard InChI is InChI=1S/C9H14BrO4P/c1-4-7-12-15(11,13-8-5-2)14-9(10)6-3/h4-6,9H,1-3,7-8H2. The molecule has 0 aliphatic rings. The zero-order valence-electron chi connectivity index (χ0n) is 8.30. The summed E-state index contributed by atoms with van der Waals surface area (Å²) in [6.45, 7) is 10.5. The molecule has 0 aromatic heterocycles. The lowest BCUT2D eigenvalue weighted by molar-refractivity contribution is 0.135. The maximum absolute atomic E-state index is 11.9. The second-order valence-electron chi connectivity index (χ2n) is 2.31. The first kappa shape index (κ1) is 14.8. The van der Waals surface area contributed by atoms with E-state index < -0.39 is 12.8 Å². The van der Waals surface area contributed by atoms with Gasteiger partial charge in [-0.15, -0.1) is 13.2 Å². The van der Waals surface area contributed by atoms with Crippen LogP contribution in [0.3, 0.4) is 0 Å². The Morgan fingerprint density at radius 2 is 1.67 bits per heavy atom. The van der Waals surface area contributed by atoms with Gasteiger partial charge < -0.3 is 0 Å². The van der Waals surface area contributed by atoms with Gasteiger partial charge in [0.05, 0.1) is 13.2 Å². The van der Waals surface area contributed by atoms with E-state index >= 15 is 0 Å². The topological polar surface area (TPSA) is 44.8 Å². The number of phosphoric ester groups is 1. The monoisotopic (exact) mass is 296 g/mol. The van der Waals surface area contributed by atoms with Crippen LogP contribution in [0.2, 0.25) is 0 Å². The summed E-state index contributed by atoms with van der Waals surface area (Å²) >= 11 is 3.07.